The zero-order chi connectivity index (χ0) is 21.6. The molecule has 0 spiro atoms. The van der Waals surface area contributed by atoms with Crippen LogP contribution in [-0.2, 0) is 4.79 Å². The quantitative estimate of drug-likeness (QED) is 0.566. The summed E-state index contributed by atoms with van der Waals surface area (Å²) in [5, 5.41) is 3.07. The van der Waals surface area contributed by atoms with Crippen LogP contribution in [-0.4, -0.2) is 42.3 Å². The highest BCUT2D eigenvalue weighted by molar-refractivity contribution is 7.98. The highest BCUT2D eigenvalue weighted by atomic mass is 32.2. The van der Waals surface area contributed by atoms with E-state index in [1.807, 2.05) is 60.9 Å². The Morgan fingerprint density at radius 2 is 1.87 bits per heavy atom. The summed E-state index contributed by atoms with van der Waals surface area (Å²) in [6, 6.07) is 17.8. The third-order valence-electron chi connectivity index (χ3n) is 5.57. The van der Waals surface area contributed by atoms with Crippen LogP contribution in [0.3, 0.4) is 0 Å². The second-order valence-corrected chi connectivity index (χ2v) is 8.35. The molecule has 31 heavy (non-hydrogen) atoms. The third kappa shape index (κ3) is 5.17. The molecule has 0 saturated carbocycles. The van der Waals surface area contributed by atoms with E-state index in [4.69, 9.17) is 4.74 Å². The van der Waals surface area contributed by atoms with E-state index >= 15 is 0 Å². The number of benzene rings is 2. The van der Waals surface area contributed by atoms with Gasteiger partial charge in [-0.1, -0.05) is 6.07 Å². The summed E-state index contributed by atoms with van der Waals surface area (Å²) >= 11 is 1.67. The van der Waals surface area contributed by atoms with E-state index < -0.39 is 0 Å². The van der Waals surface area contributed by atoms with Crippen molar-refractivity contribution in [2.24, 2.45) is 5.92 Å². The first-order valence-electron chi connectivity index (χ1n) is 10.3. The minimum absolute atomic E-state index is 0.0112. The van der Waals surface area contributed by atoms with Gasteiger partial charge in [-0.25, -0.2) is 9.97 Å². The largest absolute Gasteiger partial charge is 0.497 e. The maximum Gasteiger partial charge on any atom is 0.227 e. The number of rotatable bonds is 6. The number of hydrogen-bond acceptors (Lipinski definition) is 6. The number of anilines is 2. The van der Waals surface area contributed by atoms with Gasteiger partial charge in [-0.05, 0) is 61.6 Å². The lowest BCUT2D eigenvalue weighted by Crippen LogP contribution is -2.38. The molecule has 3 aromatic rings. The number of hydrogen-bond donors (Lipinski definition) is 1. The summed E-state index contributed by atoms with van der Waals surface area (Å²) in [6.45, 7) is 1.59. The van der Waals surface area contributed by atoms with Crippen molar-refractivity contribution in [2.75, 3.05) is 36.7 Å². The fourth-order valence-corrected chi connectivity index (χ4v) is 4.22. The number of thioether (sulfide) groups is 1. The minimum atomic E-state index is 0.0112. The fraction of sp³-hybridized carbons (Fsp3) is 0.292. The number of methoxy groups -OCH3 is 1. The first kappa shape index (κ1) is 21.2. The van der Waals surface area contributed by atoms with Crippen molar-refractivity contribution in [1.29, 1.82) is 0 Å². The lowest BCUT2D eigenvalue weighted by molar-refractivity contribution is -0.120. The van der Waals surface area contributed by atoms with Crippen LogP contribution in [0.1, 0.15) is 12.8 Å². The highest BCUT2D eigenvalue weighted by Crippen LogP contribution is 2.27. The smallest absolute Gasteiger partial charge is 0.227 e. The van der Waals surface area contributed by atoms with Crippen LogP contribution in [0.4, 0.5) is 11.5 Å². The van der Waals surface area contributed by atoms with Crippen molar-refractivity contribution in [1.82, 2.24) is 9.97 Å². The Kier molecular flexibility index (Phi) is 6.72. The maximum absolute atomic E-state index is 12.7. The fourth-order valence-electron chi connectivity index (χ4n) is 3.76. The second kappa shape index (κ2) is 9.83. The minimum Gasteiger partial charge on any atom is -0.497 e. The number of carbonyl (C=O) groups is 1. The van der Waals surface area contributed by atoms with Crippen LogP contribution < -0.4 is 15.0 Å². The molecule has 1 aliphatic rings. The van der Waals surface area contributed by atoms with Gasteiger partial charge in [0.15, 0.2) is 0 Å². The number of amides is 1. The third-order valence-corrected chi connectivity index (χ3v) is 6.29. The summed E-state index contributed by atoms with van der Waals surface area (Å²) in [5.41, 5.74) is 2.76. The van der Waals surface area contributed by atoms with Crippen molar-refractivity contribution < 1.29 is 9.53 Å². The molecule has 1 aliphatic heterocycles. The maximum atomic E-state index is 12.7. The summed E-state index contributed by atoms with van der Waals surface area (Å²) in [5.74, 6) is 1.82. The van der Waals surface area contributed by atoms with Gasteiger partial charge >= 0.3 is 0 Å². The molecule has 1 fully saturated rings. The Bertz CT molecular complexity index is 1030. The summed E-state index contributed by atoms with van der Waals surface area (Å²) in [6.07, 6.45) is 5.24. The van der Waals surface area contributed by atoms with Gasteiger partial charge in [-0.15, -0.1) is 11.8 Å². The van der Waals surface area contributed by atoms with E-state index in [0.717, 1.165) is 59.3 Å². The van der Waals surface area contributed by atoms with Gasteiger partial charge in [0.1, 0.15) is 17.9 Å². The molecular weight excluding hydrogens is 408 g/mol. The van der Waals surface area contributed by atoms with Crippen LogP contribution in [0.5, 0.6) is 5.75 Å². The number of nitrogens with zero attached hydrogens (tertiary/aromatic N) is 3. The van der Waals surface area contributed by atoms with Crippen LogP contribution in [0, 0.1) is 5.92 Å². The van der Waals surface area contributed by atoms with E-state index in [1.165, 1.54) is 0 Å². The number of piperidine rings is 1. The topological polar surface area (TPSA) is 67.3 Å². The molecule has 0 radical (unpaired) electrons. The lowest BCUT2D eigenvalue weighted by atomic mass is 9.95. The molecule has 1 aromatic heterocycles. The number of nitrogens with one attached hydrogen (secondary N) is 1. The van der Waals surface area contributed by atoms with Gasteiger partial charge < -0.3 is 15.0 Å². The molecule has 2 heterocycles. The van der Waals surface area contributed by atoms with E-state index in [0.29, 0.717) is 0 Å². The molecule has 7 heteroatoms. The van der Waals surface area contributed by atoms with E-state index in [9.17, 15) is 4.79 Å². The Labute approximate surface area is 187 Å². The molecule has 1 amide bonds. The summed E-state index contributed by atoms with van der Waals surface area (Å²) in [7, 11) is 1.66. The molecule has 0 bridgehead atoms. The van der Waals surface area contributed by atoms with Gasteiger partial charge in [0.05, 0.1) is 12.8 Å². The molecule has 1 saturated heterocycles. The van der Waals surface area contributed by atoms with Crippen molar-refractivity contribution in [3.63, 3.8) is 0 Å². The molecule has 1 N–H and O–H groups in total. The Morgan fingerprint density at radius 1 is 1.10 bits per heavy atom. The van der Waals surface area contributed by atoms with E-state index in [-0.39, 0.29) is 11.8 Å². The zero-order valence-corrected chi connectivity index (χ0v) is 18.6. The van der Waals surface area contributed by atoms with Crippen molar-refractivity contribution >= 4 is 29.2 Å². The Hall–Kier alpha value is -3.06. The van der Waals surface area contributed by atoms with Crippen molar-refractivity contribution in [2.45, 2.75) is 17.7 Å². The van der Waals surface area contributed by atoms with E-state index in [1.54, 1.807) is 25.2 Å². The standard InChI is InChI=1S/C24H26N4O2S/c1-30-20-8-6-17(7-9-20)22-15-23(26-16-25-22)28-12-10-18(11-13-28)24(29)27-19-4-3-5-21(14-19)31-2/h3-9,14-16,18H,10-13H2,1-2H3,(H,27,29). The average molecular weight is 435 g/mol. The van der Waals surface area contributed by atoms with Crippen LogP contribution in [0.15, 0.2) is 65.8 Å². The molecular formula is C24H26N4O2S. The van der Waals surface area contributed by atoms with Crippen LogP contribution in [0.2, 0.25) is 0 Å². The van der Waals surface area contributed by atoms with Crippen molar-refractivity contribution in [3.05, 3.63) is 60.9 Å². The monoisotopic (exact) mass is 434 g/mol. The summed E-state index contributed by atoms with van der Waals surface area (Å²) in [4.78, 5) is 25.0. The van der Waals surface area contributed by atoms with Crippen LogP contribution >= 0.6 is 11.8 Å². The van der Waals surface area contributed by atoms with Crippen molar-refractivity contribution in [3.8, 4) is 17.0 Å². The highest BCUT2D eigenvalue weighted by Gasteiger charge is 2.26. The van der Waals surface area contributed by atoms with Gasteiger partial charge in [-0.3, -0.25) is 4.79 Å². The molecule has 160 valence electrons. The summed E-state index contributed by atoms with van der Waals surface area (Å²) < 4.78 is 5.23. The molecule has 4 rings (SSSR count). The normalized spacial score (nSPS) is 14.3. The number of ether oxygens (including phenoxy) is 1. The van der Waals surface area contributed by atoms with E-state index in [2.05, 4.69) is 20.2 Å². The predicted octanol–water partition coefficient (Wildman–Crippen LogP) is 4.73. The molecule has 2 aromatic carbocycles. The van der Waals surface area contributed by atoms with Gasteiger partial charge in [0.25, 0.3) is 0 Å². The van der Waals surface area contributed by atoms with Gasteiger partial charge in [0.2, 0.25) is 5.91 Å². The number of carbonyl (C=O) groups excluding carboxylic acids is 1. The first-order chi connectivity index (χ1) is 15.2. The molecule has 0 atom stereocenters. The zero-order valence-electron chi connectivity index (χ0n) is 17.7. The Morgan fingerprint density at radius 3 is 2.58 bits per heavy atom. The predicted molar refractivity (Wildman–Crippen MR) is 126 cm³/mol. The average Bonchev–Trinajstić information content (AvgIpc) is 2.84. The van der Waals surface area contributed by atoms with Gasteiger partial charge in [0, 0.05) is 41.2 Å². The molecule has 0 unspecified atom stereocenters. The molecule has 0 aliphatic carbocycles. The molecule has 6 nitrogen and oxygen atoms in total. The van der Waals surface area contributed by atoms with Gasteiger partial charge in [-0.2, -0.15) is 0 Å². The number of aromatic nitrogens is 2. The SMILES string of the molecule is COc1ccc(-c2cc(N3CCC(C(=O)Nc4cccc(SC)c4)CC3)ncn2)cc1. The first-order valence-corrected chi connectivity index (χ1v) is 11.5. The Balaban J connectivity index is 1.37. The van der Waals surface area contributed by atoms with Crippen LogP contribution in [0.25, 0.3) is 11.3 Å². The second-order valence-electron chi connectivity index (χ2n) is 7.47. The lowest BCUT2D eigenvalue weighted by Gasteiger charge is -2.32.